The van der Waals surface area contributed by atoms with Crippen molar-refractivity contribution in [3.8, 4) is 11.5 Å². The van der Waals surface area contributed by atoms with Crippen LogP contribution in [0.4, 0.5) is 5.69 Å². The van der Waals surface area contributed by atoms with E-state index in [1.54, 1.807) is 43.3 Å². The van der Waals surface area contributed by atoms with Gasteiger partial charge in [0.1, 0.15) is 24.1 Å². The molecule has 3 aromatic rings. The molecule has 0 radical (unpaired) electrons. The number of hydrogen-bond donors (Lipinski definition) is 1. The predicted molar refractivity (Wildman–Crippen MR) is 160 cm³/mol. The Bertz CT molecular complexity index is 1390. The van der Waals surface area contributed by atoms with Crippen LogP contribution in [0.1, 0.15) is 26.3 Å². The smallest absolute Gasteiger partial charge is 0.264 e. The van der Waals surface area contributed by atoms with E-state index in [4.69, 9.17) is 9.47 Å². The van der Waals surface area contributed by atoms with E-state index < -0.39 is 28.5 Å². The van der Waals surface area contributed by atoms with Gasteiger partial charge in [-0.1, -0.05) is 56.3 Å². The first-order valence-corrected chi connectivity index (χ1v) is 14.9. The van der Waals surface area contributed by atoms with Crippen LogP contribution in [0, 0.1) is 5.92 Å². The summed E-state index contributed by atoms with van der Waals surface area (Å²) in [5.74, 6) is 0.196. The highest BCUT2D eigenvalue weighted by molar-refractivity contribution is 7.92. The number of methoxy groups -OCH3 is 2. The van der Waals surface area contributed by atoms with Crippen molar-refractivity contribution >= 4 is 27.5 Å². The zero-order valence-electron chi connectivity index (χ0n) is 24.2. The minimum absolute atomic E-state index is 0.0180. The fourth-order valence-corrected chi connectivity index (χ4v) is 5.67. The molecule has 0 aliphatic heterocycles. The Balaban J connectivity index is 2.00. The van der Waals surface area contributed by atoms with Gasteiger partial charge in [0, 0.05) is 13.1 Å². The molecule has 9 nitrogen and oxygen atoms in total. The van der Waals surface area contributed by atoms with Crippen molar-refractivity contribution in [1.82, 2.24) is 10.2 Å². The molecule has 3 rings (SSSR count). The van der Waals surface area contributed by atoms with Gasteiger partial charge in [-0.25, -0.2) is 8.42 Å². The van der Waals surface area contributed by atoms with Gasteiger partial charge in [-0.15, -0.1) is 0 Å². The number of benzene rings is 3. The van der Waals surface area contributed by atoms with E-state index in [1.807, 2.05) is 44.2 Å². The monoisotopic (exact) mass is 581 g/mol. The number of anilines is 1. The van der Waals surface area contributed by atoms with Gasteiger partial charge in [0.15, 0.2) is 0 Å². The highest BCUT2D eigenvalue weighted by Crippen LogP contribution is 2.33. The summed E-state index contributed by atoms with van der Waals surface area (Å²) in [5, 5.41) is 2.89. The lowest BCUT2D eigenvalue weighted by atomic mass is 10.1. The topological polar surface area (TPSA) is 105 Å². The molecule has 10 heteroatoms. The van der Waals surface area contributed by atoms with E-state index >= 15 is 0 Å². The van der Waals surface area contributed by atoms with Crippen LogP contribution in [0.2, 0.25) is 0 Å². The summed E-state index contributed by atoms with van der Waals surface area (Å²) >= 11 is 0. The largest absolute Gasteiger partial charge is 0.497 e. The van der Waals surface area contributed by atoms with E-state index in [9.17, 15) is 18.0 Å². The maximum Gasteiger partial charge on any atom is 0.264 e. The molecule has 0 aliphatic rings. The lowest BCUT2D eigenvalue weighted by Crippen LogP contribution is -2.52. The summed E-state index contributed by atoms with van der Waals surface area (Å²) in [5.41, 5.74) is 1.20. The number of amides is 2. The van der Waals surface area contributed by atoms with Gasteiger partial charge >= 0.3 is 0 Å². The number of para-hydroxylation sites is 2. The van der Waals surface area contributed by atoms with Crippen molar-refractivity contribution in [2.45, 2.75) is 38.1 Å². The Morgan fingerprint density at radius 3 is 2.10 bits per heavy atom. The van der Waals surface area contributed by atoms with E-state index in [-0.39, 0.29) is 34.7 Å². The van der Waals surface area contributed by atoms with Crippen LogP contribution in [0.5, 0.6) is 11.5 Å². The van der Waals surface area contributed by atoms with Crippen LogP contribution >= 0.6 is 0 Å². The molecule has 1 atom stereocenters. The van der Waals surface area contributed by atoms with E-state index in [0.29, 0.717) is 18.7 Å². The summed E-state index contributed by atoms with van der Waals surface area (Å²) in [6.45, 7) is 5.77. The molecule has 1 N–H and O–H groups in total. The van der Waals surface area contributed by atoms with E-state index in [1.165, 1.54) is 31.3 Å². The Morgan fingerprint density at radius 2 is 1.49 bits per heavy atom. The first kappa shape index (κ1) is 31.5. The van der Waals surface area contributed by atoms with Crippen LogP contribution in [-0.4, -0.2) is 65.0 Å². The Morgan fingerprint density at radius 1 is 0.854 bits per heavy atom. The zero-order valence-corrected chi connectivity index (χ0v) is 25.1. The summed E-state index contributed by atoms with van der Waals surface area (Å²) in [6, 6.07) is 21.3. The number of rotatable bonds is 14. The van der Waals surface area contributed by atoms with Gasteiger partial charge in [0.05, 0.1) is 24.8 Å². The van der Waals surface area contributed by atoms with Gasteiger partial charge in [-0.3, -0.25) is 13.9 Å². The van der Waals surface area contributed by atoms with Crippen LogP contribution in [0.15, 0.2) is 83.8 Å². The summed E-state index contributed by atoms with van der Waals surface area (Å²) in [4.78, 5) is 28.5. The van der Waals surface area contributed by atoms with Crippen LogP contribution < -0.4 is 19.1 Å². The molecule has 3 aromatic carbocycles. The van der Waals surface area contributed by atoms with Crippen LogP contribution in [-0.2, 0) is 26.0 Å². The SMILES string of the molecule is COc1ccc(S(=O)(=O)N(CC(=O)N(CCc2ccccc2)[C@H](C)C(=O)NCC(C)C)c2ccccc2OC)cc1. The molecule has 0 saturated heterocycles. The van der Waals surface area contributed by atoms with E-state index in [0.717, 1.165) is 9.87 Å². The molecule has 0 unspecified atom stereocenters. The molecule has 0 bridgehead atoms. The van der Waals surface area contributed by atoms with Crippen molar-refractivity contribution in [2.75, 3.05) is 38.2 Å². The lowest BCUT2D eigenvalue weighted by Gasteiger charge is -2.32. The third-order valence-electron chi connectivity index (χ3n) is 6.62. The third kappa shape index (κ3) is 8.23. The van der Waals surface area contributed by atoms with Gasteiger partial charge in [-0.05, 0) is 61.2 Å². The van der Waals surface area contributed by atoms with Crippen molar-refractivity contribution in [2.24, 2.45) is 5.92 Å². The third-order valence-corrected chi connectivity index (χ3v) is 8.39. The van der Waals surface area contributed by atoms with Gasteiger partial charge in [-0.2, -0.15) is 0 Å². The minimum Gasteiger partial charge on any atom is -0.497 e. The van der Waals surface area contributed by atoms with Gasteiger partial charge < -0.3 is 19.7 Å². The highest BCUT2D eigenvalue weighted by atomic mass is 32.2. The summed E-state index contributed by atoms with van der Waals surface area (Å²) in [7, 11) is -1.30. The molecule has 0 spiro atoms. The molecule has 0 saturated carbocycles. The van der Waals surface area contributed by atoms with Crippen LogP contribution in [0.25, 0.3) is 0 Å². The second kappa shape index (κ2) is 14.5. The van der Waals surface area contributed by atoms with Crippen molar-refractivity contribution in [3.63, 3.8) is 0 Å². The molecule has 0 aliphatic carbocycles. The lowest BCUT2D eigenvalue weighted by molar-refractivity contribution is -0.138. The number of nitrogens with one attached hydrogen (secondary N) is 1. The number of carbonyl (C=O) groups excluding carboxylic acids is 2. The molecule has 0 heterocycles. The number of hydrogen-bond acceptors (Lipinski definition) is 6. The molecule has 41 heavy (non-hydrogen) atoms. The summed E-state index contributed by atoms with van der Waals surface area (Å²) in [6.07, 6.45) is 0.494. The van der Waals surface area contributed by atoms with Crippen molar-refractivity contribution in [1.29, 1.82) is 0 Å². The normalized spacial score (nSPS) is 12.0. The second-order valence-corrected chi connectivity index (χ2v) is 11.9. The van der Waals surface area contributed by atoms with Gasteiger partial charge in [0.25, 0.3) is 10.0 Å². The maximum absolute atomic E-state index is 14.0. The minimum atomic E-state index is -4.23. The number of sulfonamides is 1. The number of carbonyl (C=O) groups is 2. The molecule has 0 fully saturated rings. The zero-order chi connectivity index (χ0) is 30.0. The number of nitrogens with zero attached hydrogens (tertiary/aromatic N) is 2. The molecule has 220 valence electrons. The quantitative estimate of drug-likeness (QED) is 0.307. The van der Waals surface area contributed by atoms with Crippen LogP contribution in [0.3, 0.4) is 0 Å². The fourth-order valence-electron chi connectivity index (χ4n) is 4.25. The molecule has 0 aromatic heterocycles. The number of ether oxygens (including phenoxy) is 2. The predicted octanol–water partition coefficient (Wildman–Crippen LogP) is 4.13. The Hall–Kier alpha value is -4.05. The first-order chi connectivity index (χ1) is 19.6. The highest BCUT2D eigenvalue weighted by Gasteiger charge is 2.33. The fraction of sp³-hybridized carbons (Fsp3) is 0.355. The van der Waals surface area contributed by atoms with Crippen molar-refractivity contribution < 1.29 is 27.5 Å². The Labute approximate surface area is 243 Å². The maximum atomic E-state index is 14.0. The van der Waals surface area contributed by atoms with E-state index in [2.05, 4.69) is 5.32 Å². The summed E-state index contributed by atoms with van der Waals surface area (Å²) < 4.78 is 39.7. The molecule has 2 amide bonds. The van der Waals surface area contributed by atoms with Gasteiger partial charge in [0.2, 0.25) is 11.8 Å². The average Bonchev–Trinajstić information content (AvgIpc) is 2.99. The molecular formula is C31H39N3O6S. The average molecular weight is 582 g/mol. The second-order valence-electron chi connectivity index (χ2n) is 10.00. The Kier molecular flexibility index (Phi) is 11.2. The van der Waals surface area contributed by atoms with Crippen molar-refractivity contribution in [3.05, 3.63) is 84.4 Å². The first-order valence-electron chi connectivity index (χ1n) is 13.5. The standard InChI is InChI=1S/C31H39N3O6S/c1-23(2)21-32-31(36)24(3)33(20-19-25-11-7-6-8-12-25)30(35)22-34(28-13-9-10-14-29(28)40-5)41(37,38)27-17-15-26(39-4)16-18-27/h6-18,23-24H,19-22H2,1-5H3,(H,32,36)/t24-/m1/s1. The molecular weight excluding hydrogens is 542 g/mol.